The number of aromatic nitrogens is 1. The van der Waals surface area contributed by atoms with Gasteiger partial charge < -0.3 is 0 Å². The molecular weight excluding hydrogens is 410 g/mol. The number of rotatable bonds is 3. The zero-order valence-corrected chi connectivity index (χ0v) is 19.8. The van der Waals surface area contributed by atoms with Gasteiger partial charge in [-0.3, -0.25) is 0 Å². The fourth-order valence-corrected chi connectivity index (χ4v) is 6.47. The summed E-state index contributed by atoms with van der Waals surface area (Å²) < 4.78 is 2.25. The highest BCUT2D eigenvalue weighted by molar-refractivity contribution is 5.75. The van der Waals surface area contributed by atoms with Crippen molar-refractivity contribution >= 4 is 5.57 Å². The second-order valence-electron chi connectivity index (χ2n) is 9.98. The molecule has 6 rings (SSSR count). The van der Waals surface area contributed by atoms with Gasteiger partial charge in [0.2, 0.25) is 5.69 Å². The van der Waals surface area contributed by atoms with E-state index >= 15 is 0 Å². The maximum absolute atomic E-state index is 2.60. The molecule has 34 heavy (non-hydrogen) atoms. The van der Waals surface area contributed by atoms with Crippen molar-refractivity contribution in [2.45, 2.75) is 18.8 Å². The number of nitrogens with zero attached hydrogens (tertiary/aromatic N) is 1. The van der Waals surface area contributed by atoms with Gasteiger partial charge in [0.05, 0.1) is 0 Å². The van der Waals surface area contributed by atoms with E-state index in [2.05, 4.69) is 133 Å². The molecule has 3 aliphatic carbocycles. The minimum absolute atomic E-state index is 0.474. The van der Waals surface area contributed by atoms with Crippen LogP contribution in [0.4, 0.5) is 0 Å². The number of pyridine rings is 1. The molecule has 0 aliphatic heterocycles. The maximum atomic E-state index is 2.60. The molecule has 3 aromatic rings. The standard InChI is InChI=1S/C33H32N/c1-34-22-10-9-17-33(34)31-16-8-7-15-28(31)30-20-18-25-13-5-6-14-27(25)29-21-19-26(23-32(29)30)24-11-3-2-4-12-24/h2-17,19,21-23,25,27,29-30,32H,18,20H2,1H3/q+1/t25?,27?,29-,30?,32?/m1/s1. The predicted octanol–water partition coefficient (Wildman–Crippen LogP) is 7.30. The van der Waals surface area contributed by atoms with Gasteiger partial charge in [0, 0.05) is 17.7 Å². The SMILES string of the molecule is C[n+]1ccccc1-c1ccccc1C1CCC2C=CC=CC2[C@H]2C=CC(c3ccccc3)=CC12. The van der Waals surface area contributed by atoms with Crippen molar-refractivity contribution in [3.8, 4) is 11.3 Å². The summed E-state index contributed by atoms with van der Waals surface area (Å²) in [6.45, 7) is 0. The molecule has 0 amide bonds. The average molecular weight is 443 g/mol. The summed E-state index contributed by atoms with van der Waals surface area (Å²) in [5, 5.41) is 0. The smallest absolute Gasteiger partial charge is 0.201 e. The normalized spacial score (nSPS) is 27.4. The van der Waals surface area contributed by atoms with Crippen LogP contribution < -0.4 is 4.57 Å². The summed E-state index contributed by atoms with van der Waals surface area (Å²) in [6, 6.07) is 26.5. The molecule has 0 spiro atoms. The lowest BCUT2D eigenvalue weighted by atomic mass is 9.68. The summed E-state index contributed by atoms with van der Waals surface area (Å²) in [4.78, 5) is 0. The van der Waals surface area contributed by atoms with E-state index in [0.717, 1.165) is 0 Å². The first-order valence-electron chi connectivity index (χ1n) is 12.6. The predicted molar refractivity (Wildman–Crippen MR) is 141 cm³/mol. The number of hydrogen-bond acceptors (Lipinski definition) is 0. The number of benzene rings is 2. The third kappa shape index (κ3) is 3.80. The Morgan fingerprint density at radius 3 is 2.38 bits per heavy atom. The van der Waals surface area contributed by atoms with Crippen LogP contribution >= 0.6 is 0 Å². The first kappa shape index (κ1) is 21.1. The fourth-order valence-electron chi connectivity index (χ4n) is 6.47. The molecule has 2 aromatic carbocycles. The van der Waals surface area contributed by atoms with Crippen molar-refractivity contribution in [2.75, 3.05) is 0 Å². The summed E-state index contributed by atoms with van der Waals surface area (Å²) >= 11 is 0. The van der Waals surface area contributed by atoms with E-state index in [1.54, 1.807) is 0 Å². The second-order valence-corrected chi connectivity index (χ2v) is 9.98. The van der Waals surface area contributed by atoms with Crippen molar-refractivity contribution in [1.29, 1.82) is 0 Å². The third-order valence-electron chi connectivity index (χ3n) is 8.13. The Morgan fingerprint density at radius 2 is 1.50 bits per heavy atom. The van der Waals surface area contributed by atoms with Crippen molar-refractivity contribution in [3.63, 3.8) is 0 Å². The molecule has 4 unspecified atom stereocenters. The van der Waals surface area contributed by atoms with Crippen LogP contribution in [0.2, 0.25) is 0 Å². The molecule has 3 aliphatic rings. The van der Waals surface area contributed by atoms with Gasteiger partial charge in [0.1, 0.15) is 7.05 Å². The van der Waals surface area contributed by atoms with Gasteiger partial charge in [-0.05, 0) is 71.3 Å². The Morgan fingerprint density at radius 1 is 0.706 bits per heavy atom. The van der Waals surface area contributed by atoms with E-state index in [1.165, 1.54) is 40.8 Å². The van der Waals surface area contributed by atoms with Crippen molar-refractivity contribution in [2.24, 2.45) is 30.7 Å². The number of fused-ring (bicyclic) bond motifs is 3. The molecule has 0 bridgehead atoms. The molecule has 1 fully saturated rings. The van der Waals surface area contributed by atoms with E-state index in [-0.39, 0.29) is 0 Å². The van der Waals surface area contributed by atoms with Gasteiger partial charge in [-0.15, -0.1) is 0 Å². The van der Waals surface area contributed by atoms with Crippen LogP contribution in [0.5, 0.6) is 0 Å². The fraction of sp³-hybridized carbons (Fsp3) is 0.242. The van der Waals surface area contributed by atoms with Crippen LogP contribution in [-0.4, -0.2) is 0 Å². The zero-order valence-electron chi connectivity index (χ0n) is 19.8. The average Bonchev–Trinajstić information content (AvgIpc) is 3.06. The quantitative estimate of drug-likeness (QED) is 0.375. The molecular formula is C33H32N+. The molecule has 168 valence electrons. The number of aryl methyl sites for hydroxylation is 1. The van der Waals surface area contributed by atoms with Crippen LogP contribution in [0.15, 0.2) is 122 Å². The van der Waals surface area contributed by atoms with Gasteiger partial charge in [0.15, 0.2) is 6.20 Å². The van der Waals surface area contributed by atoms with Crippen LogP contribution in [-0.2, 0) is 7.05 Å². The number of hydrogen-bond donors (Lipinski definition) is 0. The van der Waals surface area contributed by atoms with Gasteiger partial charge in [-0.1, -0.05) is 91.1 Å². The highest BCUT2D eigenvalue weighted by Crippen LogP contribution is 2.51. The Balaban J connectivity index is 1.49. The van der Waals surface area contributed by atoms with Crippen LogP contribution in [0.25, 0.3) is 16.8 Å². The lowest BCUT2D eigenvalue weighted by molar-refractivity contribution is -0.660. The van der Waals surface area contributed by atoms with E-state index in [0.29, 0.717) is 29.6 Å². The topological polar surface area (TPSA) is 3.88 Å². The molecule has 1 heterocycles. The molecule has 1 aromatic heterocycles. The summed E-state index contributed by atoms with van der Waals surface area (Å²) in [6.07, 6.45) is 21.6. The second kappa shape index (κ2) is 9.06. The molecule has 5 atom stereocenters. The largest absolute Gasteiger partial charge is 0.212 e. The van der Waals surface area contributed by atoms with Crippen molar-refractivity contribution in [3.05, 3.63) is 133 Å². The van der Waals surface area contributed by atoms with E-state index < -0.39 is 0 Å². The highest BCUT2D eigenvalue weighted by Gasteiger charge is 2.41. The van der Waals surface area contributed by atoms with Gasteiger partial charge in [-0.2, -0.15) is 0 Å². The zero-order chi connectivity index (χ0) is 22.9. The Bertz CT molecular complexity index is 1290. The third-order valence-corrected chi connectivity index (χ3v) is 8.13. The lowest BCUT2D eigenvalue weighted by Gasteiger charge is -2.36. The van der Waals surface area contributed by atoms with Crippen LogP contribution in [0.3, 0.4) is 0 Å². The molecule has 0 saturated heterocycles. The maximum Gasteiger partial charge on any atom is 0.212 e. The first-order valence-corrected chi connectivity index (χ1v) is 12.6. The van der Waals surface area contributed by atoms with Crippen molar-refractivity contribution < 1.29 is 4.57 Å². The Kier molecular flexibility index (Phi) is 5.63. The van der Waals surface area contributed by atoms with Gasteiger partial charge in [-0.25, -0.2) is 4.57 Å². The first-order chi connectivity index (χ1) is 16.8. The summed E-state index contributed by atoms with van der Waals surface area (Å²) in [5.41, 5.74) is 6.83. The lowest BCUT2D eigenvalue weighted by Crippen LogP contribution is -2.31. The Hall–Kier alpha value is -3.45. The molecule has 0 N–H and O–H groups in total. The molecule has 0 radical (unpaired) electrons. The Labute approximate surface area is 203 Å². The summed E-state index contributed by atoms with van der Waals surface area (Å²) in [5.74, 6) is 2.67. The monoisotopic (exact) mass is 442 g/mol. The van der Waals surface area contributed by atoms with Crippen LogP contribution in [0, 0.1) is 23.7 Å². The molecule has 1 nitrogen and oxygen atoms in total. The summed E-state index contributed by atoms with van der Waals surface area (Å²) in [7, 11) is 2.16. The minimum atomic E-state index is 0.474. The van der Waals surface area contributed by atoms with Crippen molar-refractivity contribution in [1.82, 2.24) is 0 Å². The van der Waals surface area contributed by atoms with E-state index in [4.69, 9.17) is 0 Å². The molecule has 1 saturated carbocycles. The minimum Gasteiger partial charge on any atom is -0.201 e. The van der Waals surface area contributed by atoms with E-state index in [9.17, 15) is 0 Å². The highest BCUT2D eigenvalue weighted by atomic mass is 14.9. The number of allylic oxidation sites excluding steroid dienone is 8. The molecule has 1 heteroatoms. The van der Waals surface area contributed by atoms with E-state index in [1.807, 2.05) is 0 Å². The van der Waals surface area contributed by atoms with Crippen LogP contribution in [0.1, 0.15) is 29.9 Å². The van der Waals surface area contributed by atoms with Gasteiger partial charge in [0.25, 0.3) is 0 Å². The van der Waals surface area contributed by atoms with Gasteiger partial charge >= 0.3 is 0 Å².